The lowest BCUT2D eigenvalue weighted by molar-refractivity contribution is -0.000290. The van der Waals surface area contributed by atoms with Gasteiger partial charge in [-0.3, -0.25) is 0 Å². The number of aliphatic hydroxyl groups is 1. The molecule has 0 aromatic heterocycles. The summed E-state index contributed by atoms with van der Waals surface area (Å²) in [4.78, 5) is 21.7. The van der Waals surface area contributed by atoms with Gasteiger partial charge < -0.3 is 24.5 Å². The van der Waals surface area contributed by atoms with E-state index < -0.39 is 14.9 Å². The third kappa shape index (κ3) is 9.38. The third-order valence-electron chi connectivity index (χ3n) is 1.05. The van der Waals surface area contributed by atoms with Crippen LogP contribution in [0.4, 0.5) is 0 Å². The van der Waals surface area contributed by atoms with Crippen molar-refractivity contribution in [3.8, 4) is 5.75 Å². The zero-order chi connectivity index (χ0) is 11.0. The molecule has 1 atom stereocenters. The van der Waals surface area contributed by atoms with Crippen LogP contribution in [0.25, 0.3) is 0 Å². The van der Waals surface area contributed by atoms with Crippen LogP contribution in [0.15, 0.2) is 30.3 Å². The Morgan fingerprint density at radius 1 is 1.14 bits per heavy atom. The van der Waals surface area contributed by atoms with Gasteiger partial charge in [-0.2, -0.15) is 0 Å². The zero-order valence-electron chi connectivity index (χ0n) is 7.61. The van der Waals surface area contributed by atoms with Crippen LogP contribution >= 0.6 is 8.60 Å². The largest absolute Gasteiger partial charge is 0.465 e. The minimum absolute atomic E-state index is 0.692. The van der Waals surface area contributed by atoms with Crippen molar-refractivity contribution in [1.29, 1.82) is 0 Å². The maximum Gasteiger partial charge on any atom is 0.324 e. The second-order valence-electron chi connectivity index (χ2n) is 2.30. The average Bonchev–Trinajstić information content (AvgIpc) is 2.03. The molecule has 5 nitrogen and oxygen atoms in total. The number of aliphatic hydroxyl groups excluding tert-OH is 1. The first kappa shape index (κ1) is 13.3. The minimum atomic E-state index is -2.62. The van der Waals surface area contributed by atoms with Crippen LogP contribution in [0.2, 0.25) is 0 Å². The van der Waals surface area contributed by atoms with Crippen molar-refractivity contribution < 1.29 is 24.5 Å². The van der Waals surface area contributed by atoms with Gasteiger partial charge in [0.25, 0.3) is 0 Å². The molecule has 1 aromatic carbocycles. The van der Waals surface area contributed by atoms with E-state index in [0.29, 0.717) is 5.75 Å². The van der Waals surface area contributed by atoms with E-state index in [1.165, 1.54) is 0 Å². The van der Waals surface area contributed by atoms with Crippen molar-refractivity contribution in [1.82, 2.24) is 0 Å². The van der Waals surface area contributed by atoms with Gasteiger partial charge >= 0.3 is 8.60 Å². The van der Waals surface area contributed by atoms with Crippen LogP contribution in [-0.2, 0) is 0 Å². The molecule has 4 N–H and O–H groups in total. The normalized spacial score (nSPS) is 11.6. The highest BCUT2D eigenvalue weighted by Gasteiger charge is 1.94. The number of benzene rings is 1. The molecule has 0 saturated heterocycles. The van der Waals surface area contributed by atoms with Crippen molar-refractivity contribution >= 4 is 8.60 Å². The zero-order valence-corrected chi connectivity index (χ0v) is 8.50. The van der Waals surface area contributed by atoms with Crippen molar-refractivity contribution in [3.63, 3.8) is 0 Å². The van der Waals surface area contributed by atoms with Crippen molar-refractivity contribution in [3.05, 3.63) is 30.3 Å². The lowest BCUT2D eigenvalue weighted by Crippen LogP contribution is -2.08. The Kier molecular flexibility index (Phi) is 7.28. The minimum Gasteiger partial charge on any atom is -0.465 e. The molecule has 1 aromatic rings. The van der Waals surface area contributed by atoms with E-state index in [0.717, 1.165) is 0 Å². The van der Waals surface area contributed by atoms with Crippen LogP contribution in [0.5, 0.6) is 5.75 Å². The molecular weight excluding hydrogens is 207 g/mol. The molecule has 0 bridgehead atoms. The Labute approximate surface area is 83.2 Å². The molecule has 0 fully saturated rings. The molecule has 14 heavy (non-hydrogen) atoms. The Hall–Kier alpha value is -0.710. The van der Waals surface area contributed by atoms with Crippen molar-refractivity contribution in [2.24, 2.45) is 0 Å². The molecule has 80 valence electrons. The quantitative estimate of drug-likeness (QED) is 0.432. The number of ether oxygens (including phenoxy) is 1. The van der Waals surface area contributed by atoms with Gasteiger partial charge in [0, 0.05) is 0 Å². The maximum atomic E-state index is 8.78. The predicted octanol–water partition coefficient (Wildman–Crippen LogP) is 0.594. The van der Waals surface area contributed by atoms with E-state index in [9.17, 15) is 0 Å². The fourth-order valence-corrected chi connectivity index (χ4v) is 0.696. The van der Waals surface area contributed by atoms with Gasteiger partial charge in [-0.05, 0) is 19.1 Å². The molecule has 1 unspecified atom stereocenters. The third-order valence-corrected chi connectivity index (χ3v) is 1.05. The molecule has 1 rings (SSSR count). The summed E-state index contributed by atoms with van der Waals surface area (Å²) in [5, 5.41) is 8.78. The lowest BCUT2D eigenvalue weighted by Gasteiger charge is -2.06. The smallest absolute Gasteiger partial charge is 0.324 e. The number of hydrogen-bond acceptors (Lipinski definition) is 5. The highest BCUT2D eigenvalue weighted by Crippen LogP contribution is 2.11. The SMILES string of the molecule is CC(O)Oc1ccccc1.OP(O)O. The van der Waals surface area contributed by atoms with Gasteiger partial charge in [-0.15, -0.1) is 0 Å². The fraction of sp³-hybridized carbons (Fsp3) is 0.250. The number of hydrogen-bond donors (Lipinski definition) is 4. The summed E-state index contributed by atoms with van der Waals surface area (Å²) in [6.45, 7) is 1.58. The van der Waals surface area contributed by atoms with Gasteiger partial charge in [0.15, 0.2) is 6.29 Å². The summed E-state index contributed by atoms with van der Waals surface area (Å²) in [5.74, 6) is 0.692. The highest BCUT2D eigenvalue weighted by atomic mass is 31.2. The second kappa shape index (κ2) is 7.67. The molecule has 0 aliphatic carbocycles. The van der Waals surface area contributed by atoms with Crippen LogP contribution < -0.4 is 4.74 Å². The number of rotatable bonds is 2. The van der Waals surface area contributed by atoms with Crippen LogP contribution in [0.1, 0.15) is 6.92 Å². The molecule has 0 saturated carbocycles. The highest BCUT2D eigenvalue weighted by molar-refractivity contribution is 7.38. The topological polar surface area (TPSA) is 90.2 Å². The Morgan fingerprint density at radius 2 is 1.57 bits per heavy atom. The van der Waals surface area contributed by atoms with Gasteiger partial charge in [-0.25, -0.2) is 0 Å². The maximum absolute atomic E-state index is 8.78. The van der Waals surface area contributed by atoms with Crippen molar-refractivity contribution in [2.75, 3.05) is 0 Å². The first-order chi connectivity index (χ1) is 6.52. The van der Waals surface area contributed by atoms with Gasteiger partial charge in [0.1, 0.15) is 5.75 Å². The van der Waals surface area contributed by atoms with E-state index >= 15 is 0 Å². The van der Waals surface area contributed by atoms with Gasteiger partial charge in [0.05, 0.1) is 0 Å². The standard InChI is InChI=1S/C8H10O2.H3O3P/c1-7(9)10-8-5-3-2-4-6-8;1-4(2)3/h2-7,9H,1H3;1-3H. The molecule has 0 aliphatic rings. The Bertz CT molecular complexity index is 224. The molecule has 0 radical (unpaired) electrons. The van der Waals surface area contributed by atoms with E-state index in [-0.39, 0.29) is 0 Å². The molecule has 0 heterocycles. The lowest BCUT2D eigenvalue weighted by atomic mass is 10.3. The van der Waals surface area contributed by atoms with Crippen LogP contribution in [-0.4, -0.2) is 26.1 Å². The molecule has 0 aliphatic heterocycles. The number of para-hydroxylation sites is 1. The molecular formula is C8H13O5P. The first-order valence-corrected chi connectivity index (χ1v) is 4.99. The fourth-order valence-electron chi connectivity index (χ4n) is 0.696. The van der Waals surface area contributed by atoms with Crippen molar-refractivity contribution in [2.45, 2.75) is 13.2 Å². The molecule has 0 spiro atoms. The summed E-state index contributed by atoms with van der Waals surface area (Å²) >= 11 is 0. The average molecular weight is 220 g/mol. The molecule has 6 heteroatoms. The van der Waals surface area contributed by atoms with E-state index in [1.807, 2.05) is 18.2 Å². The van der Waals surface area contributed by atoms with Gasteiger partial charge in [-0.1, -0.05) is 18.2 Å². The monoisotopic (exact) mass is 220 g/mol. The summed E-state index contributed by atoms with van der Waals surface area (Å²) in [7, 11) is -2.62. The van der Waals surface area contributed by atoms with E-state index in [1.54, 1.807) is 19.1 Å². The first-order valence-electron chi connectivity index (χ1n) is 3.79. The Morgan fingerprint density at radius 3 is 1.93 bits per heavy atom. The van der Waals surface area contributed by atoms with Crippen LogP contribution in [0, 0.1) is 0 Å². The Balaban J connectivity index is 0.000000364. The van der Waals surface area contributed by atoms with E-state index in [4.69, 9.17) is 24.5 Å². The second-order valence-corrected chi connectivity index (χ2v) is 2.84. The predicted molar refractivity (Wildman–Crippen MR) is 52.3 cm³/mol. The van der Waals surface area contributed by atoms with Crippen LogP contribution in [0.3, 0.4) is 0 Å². The summed E-state index contributed by atoms with van der Waals surface area (Å²) in [5.41, 5.74) is 0. The summed E-state index contributed by atoms with van der Waals surface area (Å²) in [6, 6.07) is 9.21. The molecule has 0 amide bonds. The van der Waals surface area contributed by atoms with E-state index in [2.05, 4.69) is 0 Å². The summed E-state index contributed by atoms with van der Waals surface area (Å²) in [6.07, 6.45) is -0.734. The van der Waals surface area contributed by atoms with Gasteiger partial charge in [0.2, 0.25) is 0 Å². The summed E-state index contributed by atoms with van der Waals surface area (Å²) < 4.78 is 4.97.